The molecule has 0 saturated carbocycles. The van der Waals surface area contributed by atoms with E-state index in [-0.39, 0.29) is 17.4 Å². The van der Waals surface area contributed by atoms with E-state index in [0.29, 0.717) is 23.4 Å². The fourth-order valence-corrected chi connectivity index (χ4v) is 7.30. The number of fused-ring (bicyclic) bond motifs is 1. The summed E-state index contributed by atoms with van der Waals surface area (Å²) in [4.78, 5) is 32.1. The summed E-state index contributed by atoms with van der Waals surface area (Å²) < 4.78 is 0. The van der Waals surface area contributed by atoms with Crippen molar-refractivity contribution in [2.45, 2.75) is 44.2 Å². The quantitative estimate of drug-likeness (QED) is 0.211. The number of amides is 2. The zero-order valence-electron chi connectivity index (χ0n) is 26.1. The van der Waals surface area contributed by atoms with Crippen molar-refractivity contribution in [3.05, 3.63) is 156 Å². The number of hydrogen-bond donors (Lipinski definition) is 1. The molecule has 0 aliphatic carbocycles. The molecule has 2 amide bonds. The highest BCUT2D eigenvalue weighted by molar-refractivity contribution is 6.10. The van der Waals surface area contributed by atoms with Gasteiger partial charge in [-0.2, -0.15) is 0 Å². The molecule has 0 radical (unpaired) electrons. The van der Waals surface area contributed by atoms with Crippen LogP contribution in [0.1, 0.15) is 57.5 Å². The topological polar surface area (TPSA) is 52.7 Å². The lowest BCUT2D eigenvalue weighted by Gasteiger charge is -2.47. The summed E-state index contributed by atoms with van der Waals surface area (Å²) in [6, 6.07) is 44.0. The molecular weight excluding hydrogens is 566 g/mol. The second kappa shape index (κ2) is 13.2. The van der Waals surface area contributed by atoms with Crippen LogP contribution >= 0.6 is 0 Å². The number of nitrogens with one attached hydrogen (secondary N) is 1. The first-order valence-electron chi connectivity index (χ1n) is 16.3. The Bertz CT molecular complexity index is 1820. The number of rotatable bonds is 6. The number of carbonyl (C=O) groups excluding carboxylic acids is 2. The molecule has 5 heteroatoms. The average Bonchev–Trinajstić information content (AvgIpc) is 3.27. The number of benzene rings is 5. The van der Waals surface area contributed by atoms with Crippen LogP contribution in [0.5, 0.6) is 0 Å². The van der Waals surface area contributed by atoms with Crippen molar-refractivity contribution < 1.29 is 9.59 Å². The van der Waals surface area contributed by atoms with Gasteiger partial charge in [0.2, 0.25) is 0 Å². The van der Waals surface area contributed by atoms with Crippen LogP contribution in [0, 0.1) is 0 Å². The van der Waals surface area contributed by atoms with E-state index < -0.39 is 0 Å². The van der Waals surface area contributed by atoms with Gasteiger partial charge in [0.1, 0.15) is 0 Å². The predicted octanol–water partition coefficient (Wildman–Crippen LogP) is 8.62. The van der Waals surface area contributed by atoms with Gasteiger partial charge in [0, 0.05) is 41.1 Å². The largest absolute Gasteiger partial charge is 0.322 e. The van der Waals surface area contributed by atoms with E-state index in [4.69, 9.17) is 0 Å². The number of nitrogens with zero attached hydrogens (tertiary/aromatic N) is 2. The standard InChI is InChI=1S/C41H39N3O2/c45-39(37-19-9-8-18-36(37)32-15-5-2-6-16-32)42-35-23-21-33(22-24-35)40(46)44-28-26-41(29-34-17-7-10-20-38(34)44)25-11-12-27-43(41)30-31-13-3-1-4-14-31/h1-10,13-24H,11-12,25-30H2,(H,42,45). The van der Waals surface area contributed by atoms with Crippen molar-refractivity contribution in [2.75, 3.05) is 23.3 Å². The lowest BCUT2D eigenvalue weighted by Crippen LogP contribution is -2.53. The van der Waals surface area contributed by atoms with Gasteiger partial charge in [0.05, 0.1) is 0 Å². The lowest BCUT2D eigenvalue weighted by molar-refractivity contribution is 0.0341. The highest BCUT2D eigenvalue weighted by atomic mass is 16.2. The Hall–Kier alpha value is -5.00. The Morgan fingerprint density at radius 3 is 2.17 bits per heavy atom. The molecule has 0 aromatic heterocycles. The molecule has 0 bridgehead atoms. The maximum atomic E-state index is 14.1. The monoisotopic (exact) mass is 605 g/mol. The summed E-state index contributed by atoms with van der Waals surface area (Å²) >= 11 is 0. The van der Waals surface area contributed by atoms with E-state index in [0.717, 1.165) is 49.2 Å². The summed E-state index contributed by atoms with van der Waals surface area (Å²) in [5.41, 5.74) is 7.33. The van der Waals surface area contributed by atoms with Crippen LogP contribution in [0.3, 0.4) is 0 Å². The van der Waals surface area contributed by atoms with Gasteiger partial charge in [0.15, 0.2) is 0 Å². The molecule has 1 N–H and O–H groups in total. The summed E-state index contributed by atoms with van der Waals surface area (Å²) in [6.07, 6.45) is 5.42. The van der Waals surface area contributed by atoms with E-state index in [1.807, 2.05) is 89.8 Å². The third-order valence-corrected chi connectivity index (χ3v) is 9.70. The van der Waals surface area contributed by atoms with E-state index in [2.05, 4.69) is 58.7 Å². The number of likely N-dealkylation sites (tertiary alicyclic amines) is 1. The van der Waals surface area contributed by atoms with Crippen LogP contribution in [0.25, 0.3) is 11.1 Å². The normalized spacial score (nSPS) is 18.0. The van der Waals surface area contributed by atoms with E-state index in [1.165, 1.54) is 24.0 Å². The number of piperidine rings is 1. The van der Waals surface area contributed by atoms with Gasteiger partial charge in [-0.25, -0.2) is 0 Å². The molecule has 1 fully saturated rings. The molecule has 2 aliphatic heterocycles. The zero-order valence-corrected chi connectivity index (χ0v) is 26.1. The molecule has 230 valence electrons. The van der Waals surface area contributed by atoms with Crippen molar-refractivity contribution in [2.24, 2.45) is 0 Å². The highest BCUT2D eigenvalue weighted by Gasteiger charge is 2.42. The first kappa shape index (κ1) is 29.7. The van der Waals surface area contributed by atoms with E-state index >= 15 is 0 Å². The molecule has 1 atom stereocenters. The molecular formula is C41H39N3O2. The van der Waals surface area contributed by atoms with Crippen molar-refractivity contribution in [1.29, 1.82) is 0 Å². The van der Waals surface area contributed by atoms with Gasteiger partial charge in [-0.3, -0.25) is 14.5 Å². The van der Waals surface area contributed by atoms with E-state index in [9.17, 15) is 9.59 Å². The number of carbonyl (C=O) groups is 2. The Kier molecular flexibility index (Phi) is 8.49. The number of para-hydroxylation sites is 1. The molecule has 46 heavy (non-hydrogen) atoms. The minimum absolute atomic E-state index is 0.0118. The third kappa shape index (κ3) is 6.11. The van der Waals surface area contributed by atoms with Crippen molar-refractivity contribution in [3.8, 4) is 11.1 Å². The Morgan fingerprint density at radius 1 is 0.674 bits per heavy atom. The van der Waals surface area contributed by atoms with E-state index in [1.54, 1.807) is 0 Å². The summed E-state index contributed by atoms with van der Waals surface area (Å²) in [5.74, 6) is -0.194. The number of hydrogen-bond acceptors (Lipinski definition) is 3. The molecule has 2 aliphatic rings. The SMILES string of the molecule is O=C(Nc1ccc(C(=O)N2CCC3(CCCCN3Cc3ccccc3)Cc3ccccc32)cc1)c1ccccc1-c1ccccc1. The molecule has 5 nitrogen and oxygen atoms in total. The summed E-state index contributed by atoms with van der Waals surface area (Å²) in [7, 11) is 0. The average molecular weight is 606 g/mol. The molecule has 5 aromatic carbocycles. The smallest absolute Gasteiger partial charge is 0.258 e. The van der Waals surface area contributed by atoms with Crippen molar-refractivity contribution in [1.82, 2.24) is 4.90 Å². The fraction of sp³-hybridized carbons (Fsp3) is 0.220. The molecule has 1 spiro atoms. The molecule has 1 saturated heterocycles. The summed E-state index contributed by atoms with van der Waals surface area (Å²) in [6.45, 7) is 2.67. The third-order valence-electron chi connectivity index (χ3n) is 9.70. The maximum absolute atomic E-state index is 14.1. The minimum atomic E-state index is -0.183. The molecule has 2 heterocycles. The van der Waals surface area contributed by atoms with Gasteiger partial charge >= 0.3 is 0 Å². The van der Waals surface area contributed by atoms with Crippen LogP contribution in [0.15, 0.2) is 133 Å². The number of anilines is 2. The van der Waals surface area contributed by atoms with Gasteiger partial charge in [-0.05, 0) is 90.9 Å². The Balaban J connectivity index is 1.10. The van der Waals surface area contributed by atoms with Gasteiger partial charge in [-0.1, -0.05) is 103 Å². The van der Waals surface area contributed by atoms with Crippen molar-refractivity contribution >= 4 is 23.2 Å². The minimum Gasteiger partial charge on any atom is -0.322 e. The highest BCUT2D eigenvalue weighted by Crippen LogP contribution is 2.41. The van der Waals surface area contributed by atoms with Crippen LogP contribution in [0.2, 0.25) is 0 Å². The van der Waals surface area contributed by atoms with Crippen molar-refractivity contribution in [3.63, 3.8) is 0 Å². The van der Waals surface area contributed by atoms with Crippen LogP contribution in [-0.2, 0) is 13.0 Å². The fourth-order valence-electron chi connectivity index (χ4n) is 7.30. The first-order valence-corrected chi connectivity index (χ1v) is 16.3. The predicted molar refractivity (Wildman–Crippen MR) is 186 cm³/mol. The second-order valence-electron chi connectivity index (χ2n) is 12.5. The molecule has 1 unspecified atom stereocenters. The molecule has 5 aromatic rings. The summed E-state index contributed by atoms with van der Waals surface area (Å²) in [5, 5.41) is 3.03. The molecule has 7 rings (SSSR count). The van der Waals surface area contributed by atoms with Crippen LogP contribution in [0.4, 0.5) is 11.4 Å². The van der Waals surface area contributed by atoms with Gasteiger partial charge in [0.25, 0.3) is 11.8 Å². The Labute approximate surface area is 271 Å². The second-order valence-corrected chi connectivity index (χ2v) is 12.5. The van der Waals surface area contributed by atoms with Crippen LogP contribution in [-0.4, -0.2) is 35.3 Å². The zero-order chi connectivity index (χ0) is 31.3. The Morgan fingerprint density at radius 2 is 1.37 bits per heavy atom. The maximum Gasteiger partial charge on any atom is 0.258 e. The first-order chi connectivity index (χ1) is 22.6. The lowest BCUT2D eigenvalue weighted by atomic mass is 9.79. The van der Waals surface area contributed by atoms with Gasteiger partial charge in [-0.15, -0.1) is 0 Å². The van der Waals surface area contributed by atoms with Gasteiger partial charge < -0.3 is 10.2 Å². The van der Waals surface area contributed by atoms with Crippen LogP contribution < -0.4 is 10.2 Å².